The van der Waals surface area contributed by atoms with Gasteiger partial charge in [0.05, 0.1) is 6.04 Å². The number of carbonyl (C=O) groups is 2. The predicted molar refractivity (Wildman–Crippen MR) is 88.4 cm³/mol. The first-order valence-electron chi connectivity index (χ1n) is 7.88. The number of hydrogen-bond donors (Lipinski definition) is 1. The van der Waals surface area contributed by atoms with E-state index in [9.17, 15) is 9.59 Å². The van der Waals surface area contributed by atoms with Crippen molar-refractivity contribution in [1.29, 1.82) is 0 Å². The average Bonchev–Trinajstić information content (AvgIpc) is 2.54. The Morgan fingerprint density at radius 2 is 1.50 bits per heavy atom. The molecule has 1 saturated heterocycles. The topological polar surface area (TPSA) is 66.8 Å². The number of likely N-dealkylation sites (tertiary alicyclic amines) is 1. The fourth-order valence-electron chi connectivity index (χ4n) is 2.99. The van der Waals surface area contributed by atoms with Crippen molar-refractivity contribution in [3.05, 3.63) is 71.8 Å². The lowest BCUT2D eigenvalue weighted by Gasteiger charge is -2.43. The molecule has 1 heterocycles. The Morgan fingerprint density at radius 1 is 1.00 bits per heavy atom. The minimum absolute atomic E-state index is 0.0989. The van der Waals surface area contributed by atoms with Gasteiger partial charge in [0.1, 0.15) is 12.5 Å². The minimum Gasteiger partial charge on any atom is -0.481 e. The van der Waals surface area contributed by atoms with Crippen LogP contribution in [0.3, 0.4) is 0 Å². The zero-order valence-electron chi connectivity index (χ0n) is 13.2. The van der Waals surface area contributed by atoms with E-state index in [1.54, 1.807) is 0 Å². The summed E-state index contributed by atoms with van der Waals surface area (Å²) in [5, 5.41) is 8.61. The molecule has 1 aliphatic heterocycles. The van der Waals surface area contributed by atoms with Gasteiger partial charge in [-0.25, -0.2) is 0 Å². The van der Waals surface area contributed by atoms with E-state index in [1.165, 1.54) is 11.1 Å². The summed E-state index contributed by atoms with van der Waals surface area (Å²) in [4.78, 5) is 24.2. The first-order valence-corrected chi connectivity index (χ1v) is 7.88. The molecular weight excluding hydrogens is 306 g/mol. The molecule has 0 atom stereocenters. The van der Waals surface area contributed by atoms with E-state index in [2.05, 4.69) is 29.2 Å². The molecule has 2 aromatic rings. The van der Waals surface area contributed by atoms with Crippen LogP contribution in [0.25, 0.3) is 0 Å². The number of esters is 1. The van der Waals surface area contributed by atoms with Crippen molar-refractivity contribution in [2.75, 3.05) is 13.1 Å². The molecule has 1 aliphatic rings. The fraction of sp³-hybridized carbons (Fsp3) is 0.263. The number of carbonyl (C=O) groups excluding carboxylic acids is 1. The van der Waals surface area contributed by atoms with Crippen molar-refractivity contribution in [2.45, 2.75) is 18.6 Å². The molecule has 2 aromatic carbocycles. The quantitative estimate of drug-likeness (QED) is 0.653. The molecule has 0 radical (unpaired) electrons. The number of hydrogen-bond acceptors (Lipinski definition) is 4. The van der Waals surface area contributed by atoms with Crippen LogP contribution in [0.15, 0.2) is 60.7 Å². The van der Waals surface area contributed by atoms with E-state index in [1.807, 2.05) is 36.4 Å². The minimum atomic E-state index is -1.16. The van der Waals surface area contributed by atoms with Crippen LogP contribution in [0, 0.1) is 0 Å². The second-order valence-corrected chi connectivity index (χ2v) is 5.86. The summed E-state index contributed by atoms with van der Waals surface area (Å²) in [6, 6.07) is 20.4. The standard InChI is InChI=1S/C19H19NO4/c21-17(22)11-18(23)24-16-12-20(13-16)19(14-7-3-1-4-8-14)15-9-5-2-6-10-15/h1-10,16,19H,11-13H2,(H,21,22). The highest BCUT2D eigenvalue weighted by Crippen LogP contribution is 2.32. The molecule has 124 valence electrons. The van der Waals surface area contributed by atoms with Crippen LogP contribution in [0.1, 0.15) is 23.6 Å². The number of carboxylic acids is 1. The first-order chi connectivity index (χ1) is 11.6. The number of aliphatic carboxylic acids is 1. The van der Waals surface area contributed by atoms with Crippen molar-refractivity contribution in [3.63, 3.8) is 0 Å². The normalized spacial score (nSPS) is 15.0. The summed E-state index contributed by atoms with van der Waals surface area (Å²) < 4.78 is 5.19. The van der Waals surface area contributed by atoms with E-state index in [0.29, 0.717) is 13.1 Å². The molecule has 24 heavy (non-hydrogen) atoms. The van der Waals surface area contributed by atoms with Crippen LogP contribution >= 0.6 is 0 Å². The summed E-state index contributed by atoms with van der Waals surface area (Å²) >= 11 is 0. The number of carboxylic acid groups (broad SMARTS) is 1. The van der Waals surface area contributed by atoms with Gasteiger partial charge in [-0.1, -0.05) is 60.7 Å². The molecule has 3 rings (SSSR count). The van der Waals surface area contributed by atoms with Crippen LogP contribution in [0.5, 0.6) is 0 Å². The Labute approximate surface area is 140 Å². The molecule has 0 aliphatic carbocycles. The van der Waals surface area contributed by atoms with Gasteiger partial charge in [0.15, 0.2) is 0 Å². The van der Waals surface area contributed by atoms with Crippen molar-refractivity contribution < 1.29 is 19.4 Å². The van der Waals surface area contributed by atoms with E-state index >= 15 is 0 Å². The molecule has 0 aromatic heterocycles. The third kappa shape index (κ3) is 3.81. The maximum absolute atomic E-state index is 11.5. The molecular formula is C19H19NO4. The van der Waals surface area contributed by atoms with Crippen LogP contribution in [-0.4, -0.2) is 41.1 Å². The van der Waals surface area contributed by atoms with Crippen molar-refractivity contribution in [2.24, 2.45) is 0 Å². The Hall–Kier alpha value is -2.66. The monoisotopic (exact) mass is 325 g/mol. The van der Waals surface area contributed by atoms with Gasteiger partial charge in [0.25, 0.3) is 0 Å². The largest absolute Gasteiger partial charge is 0.481 e. The van der Waals surface area contributed by atoms with E-state index in [0.717, 1.165) is 0 Å². The maximum Gasteiger partial charge on any atom is 0.317 e. The molecule has 1 fully saturated rings. The lowest BCUT2D eigenvalue weighted by molar-refractivity contribution is -0.162. The average molecular weight is 325 g/mol. The van der Waals surface area contributed by atoms with Gasteiger partial charge in [-0.05, 0) is 11.1 Å². The molecule has 5 nitrogen and oxygen atoms in total. The molecule has 0 spiro atoms. The van der Waals surface area contributed by atoms with Crippen LogP contribution in [-0.2, 0) is 14.3 Å². The highest BCUT2D eigenvalue weighted by atomic mass is 16.5. The smallest absolute Gasteiger partial charge is 0.317 e. The predicted octanol–water partition coefficient (Wildman–Crippen LogP) is 2.48. The molecule has 5 heteroatoms. The number of ether oxygens (including phenoxy) is 1. The van der Waals surface area contributed by atoms with Gasteiger partial charge in [-0.15, -0.1) is 0 Å². The summed E-state index contributed by atoms with van der Waals surface area (Å²) in [6.07, 6.45) is -0.830. The SMILES string of the molecule is O=C(O)CC(=O)OC1CN(C(c2ccccc2)c2ccccc2)C1. The van der Waals surface area contributed by atoms with Gasteiger partial charge in [0.2, 0.25) is 0 Å². The molecule has 0 bridgehead atoms. The maximum atomic E-state index is 11.5. The van der Waals surface area contributed by atoms with Crippen LogP contribution < -0.4 is 0 Å². The van der Waals surface area contributed by atoms with Crippen molar-refractivity contribution >= 4 is 11.9 Å². The van der Waals surface area contributed by atoms with Gasteiger partial charge in [0, 0.05) is 13.1 Å². The van der Waals surface area contributed by atoms with E-state index in [-0.39, 0.29) is 12.1 Å². The van der Waals surface area contributed by atoms with E-state index in [4.69, 9.17) is 9.84 Å². The second kappa shape index (κ2) is 7.27. The van der Waals surface area contributed by atoms with Gasteiger partial charge in [-0.2, -0.15) is 0 Å². The highest BCUT2D eigenvalue weighted by molar-refractivity contribution is 5.90. The Kier molecular flexibility index (Phi) is 4.91. The van der Waals surface area contributed by atoms with Gasteiger partial charge < -0.3 is 9.84 Å². The summed E-state index contributed by atoms with van der Waals surface area (Å²) in [6.45, 7) is 1.19. The molecule has 0 amide bonds. The number of nitrogens with zero attached hydrogens (tertiary/aromatic N) is 1. The number of benzene rings is 2. The third-order valence-electron chi connectivity index (χ3n) is 4.07. The van der Waals surface area contributed by atoms with E-state index < -0.39 is 18.4 Å². The summed E-state index contributed by atoms with van der Waals surface area (Å²) in [7, 11) is 0. The summed E-state index contributed by atoms with van der Waals surface area (Å²) in [5.74, 6) is -1.84. The molecule has 0 unspecified atom stereocenters. The second-order valence-electron chi connectivity index (χ2n) is 5.86. The Morgan fingerprint density at radius 3 is 1.96 bits per heavy atom. The van der Waals surface area contributed by atoms with Crippen LogP contribution in [0.2, 0.25) is 0 Å². The Balaban J connectivity index is 1.69. The van der Waals surface area contributed by atoms with Crippen molar-refractivity contribution in [1.82, 2.24) is 4.90 Å². The zero-order valence-corrected chi connectivity index (χ0v) is 13.2. The summed E-state index contributed by atoms with van der Waals surface area (Å²) in [5.41, 5.74) is 2.36. The van der Waals surface area contributed by atoms with Crippen molar-refractivity contribution in [3.8, 4) is 0 Å². The Bertz CT molecular complexity index is 656. The lowest BCUT2D eigenvalue weighted by atomic mass is 9.94. The van der Waals surface area contributed by atoms with Gasteiger partial charge in [-0.3, -0.25) is 14.5 Å². The first kappa shape index (κ1) is 16.2. The van der Waals surface area contributed by atoms with Crippen LogP contribution in [0.4, 0.5) is 0 Å². The van der Waals surface area contributed by atoms with Gasteiger partial charge >= 0.3 is 11.9 Å². The third-order valence-corrected chi connectivity index (χ3v) is 4.07. The zero-order chi connectivity index (χ0) is 16.9. The molecule has 1 N–H and O–H groups in total. The fourth-order valence-corrected chi connectivity index (χ4v) is 2.99. The lowest BCUT2D eigenvalue weighted by Crippen LogP contribution is -2.54. The highest BCUT2D eigenvalue weighted by Gasteiger charge is 2.36. The molecule has 0 saturated carbocycles. The number of rotatable bonds is 6.